The maximum absolute atomic E-state index is 12.3. The number of nitrogens with one attached hydrogen (secondary N) is 1. The first kappa shape index (κ1) is 16.8. The number of hydrogen-bond donors (Lipinski definition) is 2. The highest BCUT2D eigenvalue weighted by Crippen LogP contribution is 2.41. The number of carbonyl (C=O) groups excluding carboxylic acids is 1. The largest absolute Gasteiger partial charge is 0.387 e. The Morgan fingerprint density at radius 1 is 1.47 bits per heavy atom. The van der Waals surface area contributed by atoms with Crippen molar-refractivity contribution >= 4 is 17.7 Å². The number of thioether (sulfide) groups is 1. The van der Waals surface area contributed by atoms with Crippen LogP contribution in [0.15, 0.2) is 0 Å². The molecule has 1 fully saturated rings. The first-order valence-electron chi connectivity index (χ1n) is 7.14. The minimum absolute atomic E-state index is 0.101. The first-order valence-corrected chi connectivity index (χ1v) is 8.54. The lowest BCUT2D eigenvalue weighted by Crippen LogP contribution is -2.46. The molecule has 19 heavy (non-hydrogen) atoms. The topological polar surface area (TPSA) is 49.3 Å². The third kappa shape index (κ3) is 5.74. The molecule has 3 atom stereocenters. The van der Waals surface area contributed by atoms with Gasteiger partial charge in [-0.15, -0.1) is 0 Å². The predicted octanol–water partition coefficient (Wildman–Crippen LogP) is 2.68. The molecule has 1 saturated carbocycles. The van der Waals surface area contributed by atoms with E-state index in [1.165, 1.54) is 6.42 Å². The molecule has 1 aliphatic rings. The van der Waals surface area contributed by atoms with Crippen LogP contribution >= 0.6 is 11.8 Å². The molecule has 2 N–H and O–H groups in total. The van der Waals surface area contributed by atoms with Crippen molar-refractivity contribution in [1.29, 1.82) is 0 Å². The second-order valence-electron chi connectivity index (χ2n) is 7.26. The molecule has 0 saturated heterocycles. The summed E-state index contributed by atoms with van der Waals surface area (Å²) >= 11 is 1.59. The summed E-state index contributed by atoms with van der Waals surface area (Å²) in [6.07, 6.45) is 5.08. The fourth-order valence-electron chi connectivity index (χ4n) is 3.33. The van der Waals surface area contributed by atoms with Crippen LogP contribution in [0.5, 0.6) is 0 Å². The van der Waals surface area contributed by atoms with Crippen molar-refractivity contribution in [2.24, 2.45) is 17.3 Å². The van der Waals surface area contributed by atoms with Gasteiger partial charge in [0.15, 0.2) is 0 Å². The minimum atomic E-state index is -0.815. The van der Waals surface area contributed by atoms with Gasteiger partial charge in [-0.2, -0.15) is 11.8 Å². The zero-order valence-electron chi connectivity index (χ0n) is 13.0. The predicted molar refractivity (Wildman–Crippen MR) is 82.3 cm³/mol. The van der Waals surface area contributed by atoms with Crippen molar-refractivity contribution < 1.29 is 9.90 Å². The lowest BCUT2D eigenvalue weighted by Gasteiger charge is -2.38. The van der Waals surface area contributed by atoms with Gasteiger partial charge in [0.2, 0.25) is 5.91 Å². The number of carbonyl (C=O) groups is 1. The van der Waals surface area contributed by atoms with Gasteiger partial charge in [0.25, 0.3) is 0 Å². The van der Waals surface area contributed by atoms with Crippen molar-refractivity contribution in [1.82, 2.24) is 5.32 Å². The summed E-state index contributed by atoms with van der Waals surface area (Å²) in [5.41, 5.74) is -0.563. The zero-order chi connectivity index (χ0) is 14.7. The number of rotatable bonds is 5. The third-order valence-electron chi connectivity index (χ3n) is 3.86. The highest BCUT2D eigenvalue weighted by molar-refractivity contribution is 7.98. The van der Waals surface area contributed by atoms with E-state index in [0.29, 0.717) is 18.2 Å². The molecule has 0 spiro atoms. The quantitative estimate of drug-likeness (QED) is 0.817. The van der Waals surface area contributed by atoms with Gasteiger partial charge in [0.05, 0.1) is 5.60 Å². The van der Waals surface area contributed by atoms with Crippen molar-refractivity contribution in [3.8, 4) is 0 Å². The van der Waals surface area contributed by atoms with E-state index >= 15 is 0 Å². The molecular formula is C15H29NO2S. The molecule has 0 aromatic carbocycles. The van der Waals surface area contributed by atoms with Crippen LogP contribution in [0.1, 0.15) is 47.0 Å². The smallest absolute Gasteiger partial charge is 0.223 e. The molecule has 0 aliphatic heterocycles. The third-order valence-corrected chi connectivity index (χ3v) is 4.77. The molecule has 3 nitrogen and oxygen atoms in total. The highest BCUT2D eigenvalue weighted by Gasteiger charge is 2.35. The summed E-state index contributed by atoms with van der Waals surface area (Å²) in [5.74, 6) is 1.45. The normalized spacial score (nSPS) is 29.6. The van der Waals surface area contributed by atoms with Crippen LogP contribution in [0, 0.1) is 17.3 Å². The van der Waals surface area contributed by atoms with Gasteiger partial charge in [-0.1, -0.05) is 20.8 Å². The fraction of sp³-hybridized carbons (Fsp3) is 0.933. The minimum Gasteiger partial charge on any atom is -0.387 e. The summed E-state index contributed by atoms with van der Waals surface area (Å²) in [6.45, 7) is 8.83. The Balaban J connectivity index is 2.49. The Kier molecular flexibility index (Phi) is 5.75. The molecule has 0 aromatic heterocycles. The van der Waals surface area contributed by atoms with Gasteiger partial charge in [-0.05, 0) is 43.8 Å². The molecule has 0 heterocycles. The Bertz CT molecular complexity index is 315. The molecule has 112 valence electrons. The van der Waals surface area contributed by atoms with E-state index in [4.69, 9.17) is 0 Å². The molecule has 1 rings (SSSR count). The van der Waals surface area contributed by atoms with Crippen LogP contribution in [0.3, 0.4) is 0 Å². The lowest BCUT2D eigenvalue weighted by molar-refractivity contribution is -0.128. The number of aliphatic hydroxyl groups is 1. The summed E-state index contributed by atoms with van der Waals surface area (Å²) in [7, 11) is 0. The van der Waals surface area contributed by atoms with Crippen molar-refractivity contribution in [3.05, 3.63) is 0 Å². The molecule has 1 aliphatic carbocycles. The van der Waals surface area contributed by atoms with Gasteiger partial charge < -0.3 is 10.4 Å². The highest BCUT2D eigenvalue weighted by atomic mass is 32.2. The Morgan fingerprint density at radius 3 is 2.63 bits per heavy atom. The zero-order valence-corrected chi connectivity index (χ0v) is 13.8. The van der Waals surface area contributed by atoms with E-state index in [0.717, 1.165) is 12.8 Å². The average Bonchev–Trinajstić information content (AvgIpc) is 2.23. The molecule has 0 bridgehead atoms. The van der Waals surface area contributed by atoms with Crippen molar-refractivity contribution in [2.45, 2.75) is 52.6 Å². The average molecular weight is 287 g/mol. The van der Waals surface area contributed by atoms with Gasteiger partial charge in [0, 0.05) is 18.2 Å². The number of amides is 1. The van der Waals surface area contributed by atoms with Gasteiger partial charge in [-0.3, -0.25) is 4.79 Å². The summed E-state index contributed by atoms with van der Waals surface area (Å²) < 4.78 is 0. The maximum atomic E-state index is 12.3. The molecular weight excluding hydrogens is 258 g/mol. The Labute approximate surface area is 121 Å². The molecule has 0 aromatic rings. The standard InChI is InChI=1S/C15H29NO2S/c1-11-6-12(8-14(2,3)7-11)13(17)16-9-15(4,18)10-19-5/h11-12,18H,6-10H2,1-5H3,(H,16,17). The summed E-state index contributed by atoms with van der Waals surface area (Å²) in [5, 5.41) is 13.0. The Hall–Kier alpha value is -0.220. The molecule has 1 amide bonds. The molecule has 4 heteroatoms. The Morgan fingerprint density at radius 2 is 2.11 bits per heavy atom. The summed E-state index contributed by atoms with van der Waals surface area (Å²) in [4.78, 5) is 12.3. The van der Waals surface area contributed by atoms with E-state index in [1.54, 1.807) is 18.7 Å². The van der Waals surface area contributed by atoms with Crippen LogP contribution in [-0.4, -0.2) is 35.2 Å². The van der Waals surface area contributed by atoms with Crippen LogP contribution in [-0.2, 0) is 4.79 Å². The molecule has 3 unspecified atom stereocenters. The van der Waals surface area contributed by atoms with Crippen LogP contribution < -0.4 is 5.32 Å². The van der Waals surface area contributed by atoms with E-state index in [9.17, 15) is 9.90 Å². The first-order chi connectivity index (χ1) is 8.65. The van der Waals surface area contributed by atoms with Crippen LogP contribution in [0.2, 0.25) is 0 Å². The van der Waals surface area contributed by atoms with Crippen LogP contribution in [0.4, 0.5) is 0 Å². The maximum Gasteiger partial charge on any atom is 0.223 e. The lowest BCUT2D eigenvalue weighted by atomic mass is 9.68. The monoisotopic (exact) mass is 287 g/mol. The van der Waals surface area contributed by atoms with Gasteiger partial charge >= 0.3 is 0 Å². The van der Waals surface area contributed by atoms with E-state index in [2.05, 4.69) is 26.1 Å². The van der Waals surface area contributed by atoms with E-state index in [-0.39, 0.29) is 17.2 Å². The van der Waals surface area contributed by atoms with Crippen molar-refractivity contribution in [2.75, 3.05) is 18.6 Å². The van der Waals surface area contributed by atoms with E-state index < -0.39 is 5.60 Å². The van der Waals surface area contributed by atoms with Crippen molar-refractivity contribution in [3.63, 3.8) is 0 Å². The van der Waals surface area contributed by atoms with Crippen LogP contribution in [0.25, 0.3) is 0 Å². The second-order valence-corrected chi connectivity index (χ2v) is 8.12. The molecule has 0 radical (unpaired) electrons. The van der Waals surface area contributed by atoms with E-state index in [1.807, 2.05) is 6.26 Å². The second kappa shape index (κ2) is 6.49. The van der Waals surface area contributed by atoms with Gasteiger partial charge in [-0.25, -0.2) is 0 Å². The number of hydrogen-bond acceptors (Lipinski definition) is 3. The SMILES string of the molecule is CSCC(C)(O)CNC(=O)C1CC(C)CC(C)(C)C1. The van der Waals surface area contributed by atoms with Gasteiger partial charge in [0.1, 0.15) is 0 Å². The fourth-order valence-corrected chi connectivity index (χ4v) is 4.05. The summed E-state index contributed by atoms with van der Waals surface area (Å²) in [6, 6.07) is 0.